The second kappa shape index (κ2) is 6.27. The van der Waals surface area contributed by atoms with E-state index in [0.717, 1.165) is 22.0 Å². The number of hydrogen-bond acceptors (Lipinski definition) is 2. The molecule has 0 fully saturated rings. The summed E-state index contributed by atoms with van der Waals surface area (Å²) >= 11 is 0. The van der Waals surface area contributed by atoms with Crippen molar-refractivity contribution in [2.24, 2.45) is 4.99 Å². The number of rotatable bonds is 3. The highest BCUT2D eigenvalue weighted by Crippen LogP contribution is 2.28. The van der Waals surface area contributed by atoms with Gasteiger partial charge in [-0.25, -0.2) is 0 Å². The molecule has 0 bridgehead atoms. The van der Waals surface area contributed by atoms with E-state index in [1.807, 2.05) is 66.7 Å². The second-order valence-corrected chi connectivity index (χ2v) is 5.19. The average Bonchev–Trinajstić information content (AvgIpc) is 2.55. The van der Waals surface area contributed by atoms with E-state index in [1.165, 1.54) is 5.56 Å². The van der Waals surface area contributed by atoms with Gasteiger partial charge in [-0.15, -0.1) is 0 Å². The maximum Gasteiger partial charge on any atom is 0.123 e. The highest BCUT2D eigenvalue weighted by molar-refractivity contribution is 5.95. The van der Waals surface area contributed by atoms with Gasteiger partial charge in [0, 0.05) is 11.8 Å². The van der Waals surface area contributed by atoms with E-state index in [1.54, 1.807) is 12.3 Å². The van der Waals surface area contributed by atoms with Crippen LogP contribution in [0.2, 0.25) is 0 Å². The highest BCUT2D eigenvalue weighted by Gasteiger charge is 2.02. The molecular formula is C20H17NO. The van der Waals surface area contributed by atoms with E-state index in [0.29, 0.717) is 0 Å². The monoisotopic (exact) mass is 287 g/mol. The molecular weight excluding hydrogens is 270 g/mol. The van der Waals surface area contributed by atoms with Crippen LogP contribution < -0.4 is 0 Å². The first-order valence-electron chi connectivity index (χ1n) is 7.22. The largest absolute Gasteiger partial charge is 0.507 e. The van der Waals surface area contributed by atoms with Crippen molar-refractivity contribution in [3.05, 3.63) is 77.9 Å². The molecule has 1 N–H and O–H groups in total. The molecule has 0 aromatic heterocycles. The molecule has 0 unspecified atom stereocenters. The lowest BCUT2D eigenvalue weighted by atomic mass is 10.0. The zero-order valence-corrected chi connectivity index (χ0v) is 12.4. The Morgan fingerprint density at radius 3 is 2.50 bits per heavy atom. The van der Waals surface area contributed by atoms with Crippen molar-refractivity contribution in [1.82, 2.24) is 0 Å². The fraction of sp³-hybridized carbons (Fsp3) is 0.0500. The van der Waals surface area contributed by atoms with Crippen molar-refractivity contribution < 1.29 is 5.11 Å². The van der Waals surface area contributed by atoms with E-state index < -0.39 is 0 Å². The van der Waals surface area contributed by atoms with Gasteiger partial charge in [-0.3, -0.25) is 4.99 Å². The maximum absolute atomic E-state index is 10.1. The van der Waals surface area contributed by atoms with Crippen molar-refractivity contribution in [1.29, 1.82) is 0 Å². The summed E-state index contributed by atoms with van der Waals surface area (Å²) in [6, 6.07) is 19.7. The van der Waals surface area contributed by atoms with Crippen LogP contribution in [0.1, 0.15) is 11.1 Å². The van der Waals surface area contributed by atoms with Gasteiger partial charge in [0.1, 0.15) is 5.75 Å². The smallest absolute Gasteiger partial charge is 0.123 e. The summed E-state index contributed by atoms with van der Waals surface area (Å²) in [6.45, 7) is 2.05. The molecule has 108 valence electrons. The lowest BCUT2D eigenvalue weighted by Crippen LogP contribution is -1.80. The third kappa shape index (κ3) is 3.07. The molecule has 2 nitrogen and oxygen atoms in total. The first-order chi connectivity index (χ1) is 10.7. The summed E-state index contributed by atoms with van der Waals surface area (Å²) < 4.78 is 0. The predicted molar refractivity (Wildman–Crippen MR) is 94.0 cm³/mol. The van der Waals surface area contributed by atoms with Crippen molar-refractivity contribution in [2.75, 3.05) is 0 Å². The van der Waals surface area contributed by atoms with Crippen LogP contribution >= 0.6 is 0 Å². The van der Waals surface area contributed by atoms with Crippen LogP contribution in [0.3, 0.4) is 0 Å². The van der Waals surface area contributed by atoms with Gasteiger partial charge in [-0.1, -0.05) is 48.0 Å². The number of aryl methyl sites for hydroxylation is 1. The van der Waals surface area contributed by atoms with Gasteiger partial charge in [0.25, 0.3) is 0 Å². The van der Waals surface area contributed by atoms with E-state index >= 15 is 0 Å². The van der Waals surface area contributed by atoms with Crippen LogP contribution in [-0.4, -0.2) is 11.3 Å². The molecule has 0 aliphatic rings. The molecule has 3 aromatic rings. The Kier molecular flexibility index (Phi) is 4.01. The maximum atomic E-state index is 10.1. The van der Waals surface area contributed by atoms with Gasteiger partial charge < -0.3 is 5.11 Å². The Balaban J connectivity index is 1.86. The fourth-order valence-corrected chi connectivity index (χ4v) is 2.36. The summed E-state index contributed by atoms with van der Waals surface area (Å²) in [6.07, 6.45) is 5.47. The predicted octanol–water partition coefficient (Wildman–Crippen LogP) is 5.27. The number of aliphatic imine (C=N–C) groups is 1. The number of phenols is 1. The Hall–Kier alpha value is -2.87. The minimum Gasteiger partial charge on any atom is -0.507 e. The van der Waals surface area contributed by atoms with Crippen molar-refractivity contribution >= 4 is 28.8 Å². The molecule has 22 heavy (non-hydrogen) atoms. The van der Waals surface area contributed by atoms with Gasteiger partial charge in [0.05, 0.1) is 5.69 Å². The second-order valence-electron chi connectivity index (χ2n) is 5.19. The van der Waals surface area contributed by atoms with E-state index in [9.17, 15) is 5.11 Å². The quantitative estimate of drug-likeness (QED) is 0.654. The Labute approximate surface area is 130 Å². The number of benzene rings is 3. The van der Waals surface area contributed by atoms with Crippen molar-refractivity contribution in [3.8, 4) is 5.75 Å². The number of allylic oxidation sites excluding steroid dienone is 1. The van der Waals surface area contributed by atoms with Gasteiger partial charge in [0.15, 0.2) is 0 Å². The highest BCUT2D eigenvalue weighted by atomic mass is 16.3. The zero-order chi connectivity index (χ0) is 15.4. The molecule has 3 rings (SSSR count). The fourth-order valence-electron chi connectivity index (χ4n) is 2.36. The molecule has 0 saturated carbocycles. The molecule has 0 aliphatic heterocycles. The molecule has 0 aliphatic carbocycles. The minimum atomic E-state index is 0.277. The SMILES string of the molecule is Cc1ccc(N=C/C=C/c2c(O)ccc3ccccc23)cc1. The molecule has 0 heterocycles. The number of hydrogen-bond donors (Lipinski definition) is 1. The lowest BCUT2D eigenvalue weighted by Gasteiger charge is -2.04. The van der Waals surface area contributed by atoms with Crippen LogP contribution in [0.5, 0.6) is 5.75 Å². The summed E-state index contributed by atoms with van der Waals surface area (Å²) in [5.74, 6) is 0.277. The molecule has 3 aromatic carbocycles. The third-order valence-corrected chi connectivity index (χ3v) is 3.55. The van der Waals surface area contributed by atoms with Gasteiger partial charge >= 0.3 is 0 Å². The van der Waals surface area contributed by atoms with Crippen LogP contribution in [0.25, 0.3) is 16.8 Å². The van der Waals surface area contributed by atoms with Crippen LogP contribution in [0.4, 0.5) is 5.69 Å². The molecule has 2 heteroatoms. The molecule has 0 radical (unpaired) electrons. The van der Waals surface area contributed by atoms with E-state index in [4.69, 9.17) is 0 Å². The summed E-state index contributed by atoms with van der Waals surface area (Å²) in [4.78, 5) is 4.38. The average molecular weight is 287 g/mol. The van der Waals surface area contributed by atoms with Gasteiger partial charge in [-0.2, -0.15) is 0 Å². The van der Waals surface area contributed by atoms with Crippen LogP contribution in [-0.2, 0) is 0 Å². The molecule has 0 saturated heterocycles. The molecule has 0 amide bonds. The van der Waals surface area contributed by atoms with Crippen LogP contribution in [0, 0.1) is 6.92 Å². The zero-order valence-electron chi connectivity index (χ0n) is 12.4. The number of nitrogens with zero attached hydrogens (tertiary/aromatic N) is 1. The molecule has 0 spiro atoms. The standard InChI is InChI=1S/C20H17NO/c1-15-8-11-17(12-9-15)21-14-4-7-19-18-6-3-2-5-16(18)10-13-20(19)22/h2-14,22H,1H3/b7-4+,21-14?. The van der Waals surface area contributed by atoms with E-state index in [2.05, 4.69) is 11.9 Å². The third-order valence-electron chi connectivity index (χ3n) is 3.55. The van der Waals surface area contributed by atoms with Crippen molar-refractivity contribution in [3.63, 3.8) is 0 Å². The van der Waals surface area contributed by atoms with Gasteiger partial charge in [0.2, 0.25) is 0 Å². The van der Waals surface area contributed by atoms with Crippen LogP contribution in [0.15, 0.2) is 71.7 Å². The number of aromatic hydroxyl groups is 1. The normalized spacial score (nSPS) is 11.7. The van der Waals surface area contributed by atoms with Gasteiger partial charge in [-0.05, 0) is 48.0 Å². The molecule has 0 atom stereocenters. The minimum absolute atomic E-state index is 0.277. The summed E-state index contributed by atoms with van der Waals surface area (Å²) in [7, 11) is 0. The number of fused-ring (bicyclic) bond motifs is 1. The Bertz CT molecular complexity index is 845. The first kappa shape index (κ1) is 14.1. The number of phenolic OH excluding ortho intramolecular Hbond substituents is 1. The Morgan fingerprint density at radius 1 is 0.909 bits per heavy atom. The van der Waals surface area contributed by atoms with E-state index in [-0.39, 0.29) is 5.75 Å². The summed E-state index contributed by atoms with van der Waals surface area (Å²) in [5.41, 5.74) is 2.95. The van der Waals surface area contributed by atoms with Crippen molar-refractivity contribution in [2.45, 2.75) is 6.92 Å². The first-order valence-corrected chi connectivity index (χ1v) is 7.22. The summed E-state index contributed by atoms with van der Waals surface area (Å²) in [5, 5.41) is 12.2. The lowest BCUT2D eigenvalue weighted by molar-refractivity contribution is 0.475. The Morgan fingerprint density at radius 2 is 1.68 bits per heavy atom. The topological polar surface area (TPSA) is 32.6 Å².